The predicted molar refractivity (Wildman–Crippen MR) is 61.0 cm³/mol. The van der Waals surface area contributed by atoms with Crippen LogP contribution in [0.2, 0.25) is 0 Å². The third kappa shape index (κ3) is 2.05. The first-order valence-corrected chi connectivity index (χ1v) is 5.17. The Bertz CT molecular complexity index is 475. The van der Waals surface area contributed by atoms with Gasteiger partial charge in [-0.3, -0.25) is 0 Å². The van der Waals surface area contributed by atoms with Crippen LogP contribution in [-0.2, 0) is 6.42 Å². The average Bonchev–Trinajstić information content (AvgIpc) is 2.42. The Morgan fingerprint density at radius 1 is 1.27 bits per heavy atom. The molecule has 0 aliphatic rings. The predicted octanol–water partition coefficient (Wildman–Crippen LogP) is 3.05. The summed E-state index contributed by atoms with van der Waals surface area (Å²) in [5.41, 5.74) is 1.31. The number of rotatable bonds is 2. The zero-order valence-corrected chi connectivity index (χ0v) is 9.37. The Kier molecular flexibility index (Phi) is 2.31. The van der Waals surface area contributed by atoms with Crippen molar-refractivity contribution >= 4 is 11.0 Å². The maximum absolute atomic E-state index is 9.76. The highest BCUT2D eigenvalue weighted by molar-refractivity contribution is 5.81. The van der Waals surface area contributed by atoms with Crippen molar-refractivity contribution in [1.29, 1.82) is 0 Å². The number of para-hydroxylation sites is 1. The maximum atomic E-state index is 9.76. The quantitative estimate of drug-likeness (QED) is 0.815. The van der Waals surface area contributed by atoms with Gasteiger partial charge in [0.05, 0.1) is 5.60 Å². The summed E-state index contributed by atoms with van der Waals surface area (Å²) in [6, 6.07) is 7.95. The molecule has 2 nitrogen and oxygen atoms in total. The van der Waals surface area contributed by atoms with Crippen molar-refractivity contribution in [2.75, 3.05) is 0 Å². The Hall–Kier alpha value is -1.28. The first-order chi connectivity index (χ1) is 6.97. The standard InChI is InChI=1S/C13H16O2/c1-9-10-6-4-5-7-11(10)15-12(9)8-13(2,3)14/h4-7,14H,8H2,1-3H3. The molecule has 2 aromatic rings. The van der Waals surface area contributed by atoms with Gasteiger partial charge in [0.25, 0.3) is 0 Å². The molecule has 1 aromatic heterocycles. The molecule has 0 unspecified atom stereocenters. The normalized spacial score (nSPS) is 12.3. The van der Waals surface area contributed by atoms with Gasteiger partial charge in [0.15, 0.2) is 0 Å². The summed E-state index contributed by atoms with van der Waals surface area (Å²) in [4.78, 5) is 0. The molecular weight excluding hydrogens is 188 g/mol. The van der Waals surface area contributed by atoms with Gasteiger partial charge in [0.2, 0.25) is 0 Å². The van der Waals surface area contributed by atoms with Gasteiger partial charge in [0, 0.05) is 11.8 Å². The summed E-state index contributed by atoms with van der Waals surface area (Å²) in [7, 11) is 0. The van der Waals surface area contributed by atoms with Crippen LogP contribution in [0.15, 0.2) is 28.7 Å². The number of furan rings is 1. The highest BCUT2D eigenvalue weighted by Crippen LogP contribution is 2.27. The second-order valence-electron chi connectivity index (χ2n) is 4.64. The third-order valence-electron chi connectivity index (χ3n) is 2.54. The van der Waals surface area contributed by atoms with E-state index in [0.717, 1.165) is 22.3 Å². The van der Waals surface area contributed by atoms with Crippen LogP contribution < -0.4 is 0 Å². The zero-order valence-electron chi connectivity index (χ0n) is 9.37. The second kappa shape index (κ2) is 3.38. The van der Waals surface area contributed by atoms with Gasteiger partial charge in [0.1, 0.15) is 11.3 Å². The Balaban J connectivity index is 2.49. The number of aryl methyl sites for hydroxylation is 1. The van der Waals surface area contributed by atoms with Crippen molar-refractivity contribution in [2.24, 2.45) is 0 Å². The van der Waals surface area contributed by atoms with Crippen LogP contribution in [0.1, 0.15) is 25.2 Å². The minimum Gasteiger partial charge on any atom is -0.461 e. The fourth-order valence-electron chi connectivity index (χ4n) is 1.79. The van der Waals surface area contributed by atoms with E-state index in [0.29, 0.717) is 6.42 Å². The molecule has 80 valence electrons. The van der Waals surface area contributed by atoms with E-state index in [-0.39, 0.29) is 0 Å². The Labute approximate surface area is 89.5 Å². The minimum atomic E-state index is -0.724. The van der Waals surface area contributed by atoms with Crippen molar-refractivity contribution in [3.05, 3.63) is 35.6 Å². The molecule has 1 N–H and O–H groups in total. The van der Waals surface area contributed by atoms with E-state index in [1.807, 2.05) is 31.2 Å². The lowest BCUT2D eigenvalue weighted by Gasteiger charge is -2.15. The summed E-state index contributed by atoms with van der Waals surface area (Å²) < 4.78 is 5.71. The van der Waals surface area contributed by atoms with Gasteiger partial charge < -0.3 is 9.52 Å². The zero-order chi connectivity index (χ0) is 11.1. The number of hydrogen-bond acceptors (Lipinski definition) is 2. The first-order valence-electron chi connectivity index (χ1n) is 5.17. The van der Waals surface area contributed by atoms with E-state index < -0.39 is 5.60 Å². The topological polar surface area (TPSA) is 33.4 Å². The first kappa shape index (κ1) is 10.2. The lowest BCUT2D eigenvalue weighted by molar-refractivity contribution is 0.0755. The molecule has 0 aliphatic carbocycles. The maximum Gasteiger partial charge on any atom is 0.134 e. The molecule has 0 radical (unpaired) electrons. The smallest absolute Gasteiger partial charge is 0.134 e. The Morgan fingerprint density at radius 2 is 1.93 bits per heavy atom. The fraction of sp³-hybridized carbons (Fsp3) is 0.385. The molecular formula is C13H16O2. The molecule has 0 bridgehead atoms. The lowest BCUT2D eigenvalue weighted by atomic mass is 10.0. The summed E-state index contributed by atoms with van der Waals surface area (Å²) >= 11 is 0. The molecule has 0 aliphatic heterocycles. The van der Waals surface area contributed by atoms with Gasteiger partial charge in [-0.25, -0.2) is 0 Å². The van der Waals surface area contributed by atoms with E-state index in [1.165, 1.54) is 0 Å². The van der Waals surface area contributed by atoms with Gasteiger partial charge >= 0.3 is 0 Å². The molecule has 2 rings (SSSR count). The van der Waals surface area contributed by atoms with Gasteiger partial charge in [-0.15, -0.1) is 0 Å². The molecule has 0 amide bonds. The van der Waals surface area contributed by atoms with E-state index in [4.69, 9.17) is 4.42 Å². The number of aliphatic hydroxyl groups is 1. The number of fused-ring (bicyclic) bond motifs is 1. The Morgan fingerprint density at radius 3 is 2.53 bits per heavy atom. The van der Waals surface area contributed by atoms with E-state index in [2.05, 4.69) is 0 Å². The molecule has 0 saturated carbocycles. The van der Waals surface area contributed by atoms with Crippen molar-refractivity contribution in [2.45, 2.75) is 32.8 Å². The van der Waals surface area contributed by atoms with Crippen LogP contribution in [0, 0.1) is 6.92 Å². The molecule has 2 heteroatoms. The van der Waals surface area contributed by atoms with Crippen molar-refractivity contribution in [3.8, 4) is 0 Å². The summed E-state index contributed by atoms with van der Waals surface area (Å²) in [6.45, 7) is 5.62. The van der Waals surface area contributed by atoms with Crippen LogP contribution in [0.5, 0.6) is 0 Å². The van der Waals surface area contributed by atoms with Crippen molar-refractivity contribution in [1.82, 2.24) is 0 Å². The van der Waals surface area contributed by atoms with Crippen LogP contribution in [0.3, 0.4) is 0 Å². The molecule has 0 fully saturated rings. The molecule has 0 spiro atoms. The fourth-order valence-corrected chi connectivity index (χ4v) is 1.79. The third-order valence-corrected chi connectivity index (χ3v) is 2.54. The molecule has 1 aromatic carbocycles. The van der Waals surface area contributed by atoms with E-state index in [9.17, 15) is 5.11 Å². The highest BCUT2D eigenvalue weighted by atomic mass is 16.3. The van der Waals surface area contributed by atoms with E-state index >= 15 is 0 Å². The summed E-state index contributed by atoms with van der Waals surface area (Å²) in [6.07, 6.45) is 0.549. The minimum absolute atomic E-state index is 0.549. The largest absolute Gasteiger partial charge is 0.461 e. The van der Waals surface area contributed by atoms with Gasteiger partial charge in [-0.05, 0) is 32.4 Å². The van der Waals surface area contributed by atoms with Crippen molar-refractivity contribution in [3.63, 3.8) is 0 Å². The molecule has 15 heavy (non-hydrogen) atoms. The van der Waals surface area contributed by atoms with Crippen LogP contribution in [-0.4, -0.2) is 10.7 Å². The number of benzene rings is 1. The highest BCUT2D eigenvalue weighted by Gasteiger charge is 2.19. The molecule has 0 saturated heterocycles. The molecule has 0 atom stereocenters. The van der Waals surface area contributed by atoms with E-state index in [1.54, 1.807) is 13.8 Å². The van der Waals surface area contributed by atoms with Crippen molar-refractivity contribution < 1.29 is 9.52 Å². The second-order valence-corrected chi connectivity index (χ2v) is 4.64. The average molecular weight is 204 g/mol. The number of hydrogen-bond donors (Lipinski definition) is 1. The SMILES string of the molecule is Cc1c(CC(C)(C)O)oc2ccccc12. The summed E-state index contributed by atoms with van der Waals surface area (Å²) in [5.74, 6) is 0.878. The van der Waals surface area contributed by atoms with Gasteiger partial charge in [-0.2, -0.15) is 0 Å². The molecule has 1 heterocycles. The van der Waals surface area contributed by atoms with Crippen LogP contribution in [0.4, 0.5) is 0 Å². The monoisotopic (exact) mass is 204 g/mol. The van der Waals surface area contributed by atoms with Crippen LogP contribution >= 0.6 is 0 Å². The van der Waals surface area contributed by atoms with Gasteiger partial charge in [-0.1, -0.05) is 18.2 Å². The summed E-state index contributed by atoms with van der Waals surface area (Å²) in [5, 5.41) is 10.9. The van der Waals surface area contributed by atoms with Crippen LogP contribution in [0.25, 0.3) is 11.0 Å². The lowest BCUT2D eigenvalue weighted by Crippen LogP contribution is -2.21.